The van der Waals surface area contributed by atoms with Gasteiger partial charge in [-0.2, -0.15) is 0 Å². The maximum atomic E-state index is 11.0. The molecule has 3 aliphatic rings. The molecule has 8 nitrogen and oxygen atoms in total. The summed E-state index contributed by atoms with van der Waals surface area (Å²) in [4.78, 5) is 13.2. The third kappa shape index (κ3) is 4.15. The summed E-state index contributed by atoms with van der Waals surface area (Å²) >= 11 is 0. The van der Waals surface area contributed by atoms with Crippen molar-refractivity contribution in [3.05, 3.63) is 86.5 Å². The minimum absolute atomic E-state index is 0.124. The maximum absolute atomic E-state index is 11.0. The molecule has 0 N–H and O–H groups in total. The van der Waals surface area contributed by atoms with Gasteiger partial charge in [0.15, 0.2) is 23.0 Å². The number of ether oxygens (including phenoxy) is 4. The van der Waals surface area contributed by atoms with E-state index in [0.29, 0.717) is 0 Å². The molecule has 0 aromatic heterocycles. The first kappa shape index (κ1) is 23.6. The molecule has 37 heavy (non-hydrogen) atoms. The van der Waals surface area contributed by atoms with E-state index in [2.05, 4.69) is 23.1 Å². The molecular weight excluding hydrogens is 472 g/mol. The summed E-state index contributed by atoms with van der Waals surface area (Å²) in [6.07, 6.45) is 3.74. The van der Waals surface area contributed by atoms with Crippen molar-refractivity contribution >= 4 is 5.69 Å². The van der Waals surface area contributed by atoms with Gasteiger partial charge in [-0.1, -0.05) is 18.2 Å². The lowest BCUT2D eigenvalue weighted by atomic mass is 9.74. The number of nitrogens with zero attached hydrogens (tertiary/aromatic N) is 2. The van der Waals surface area contributed by atoms with Crippen LogP contribution < -0.4 is 18.9 Å². The molecule has 3 heterocycles. The van der Waals surface area contributed by atoms with Gasteiger partial charge in [-0.05, 0) is 66.1 Å². The van der Waals surface area contributed by atoms with Gasteiger partial charge in [0.05, 0.1) is 19.1 Å². The van der Waals surface area contributed by atoms with Gasteiger partial charge in [0.1, 0.15) is 0 Å². The first-order valence-electron chi connectivity index (χ1n) is 12.7. The third-order valence-corrected chi connectivity index (χ3v) is 7.97. The lowest BCUT2D eigenvalue weighted by molar-refractivity contribution is -0.384. The van der Waals surface area contributed by atoms with Crippen molar-refractivity contribution in [3.63, 3.8) is 0 Å². The number of hydrogen-bond donors (Lipinski definition) is 0. The smallest absolute Gasteiger partial charge is 0.269 e. The zero-order valence-electron chi connectivity index (χ0n) is 21.1. The molecular formula is C29H30N2O6. The molecule has 0 bridgehead atoms. The highest BCUT2D eigenvalue weighted by Crippen LogP contribution is 2.53. The second-order valence-electron chi connectivity index (χ2n) is 9.86. The summed E-state index contributed by atoms with van der Waals surface area (Å²) in [7, 11) is 3.39. The fourth-order valence-corrected chi connectivity index (χ4v) is 6.25. The molecule has 3 aromatic carbocycles. The average molecular weight is 503 g/mol. The van der Waals surface area contributed by atoms with E-state index in [-0.39, 0.29) is 29.4 Å². The monoisotopic (exact) mass is 502 g/mol. The van der Waals surface area contributed by atoms with Crippen molar-refractivity contribution in [2.24, 2.45) is 0 Å². The topological polar surface area (TPSA) is 83.3 Å². The molecule has 6 rings (SSSR count). The Kier molecular flexibility index (Phi) is 6.12. The summed E-state index contributed by atoms with van der Waals surface area (Å²) in [5.74, 6) is 3.48. The van der Waals surface area contributed by atoms with E-state index < -0.39 is 0 Å². The standard InChI is InChI=1S/C29H30N2O6/c1-34-25-11-10-21-22(5-3-4-18-6-8-20(9-7-18)31(32)33)28-23-15-27-26(36-17-37-27)14-19(23)12-13-30(28)16-24(21)29(25)35-2/h6-11,14-15,22,28H,3-5,12-13,16-17H2,1-2H3. The molecule has 0 fully saturated rings. The van der Waals surface area contributed by atoms with Crippen LogP contribution in [0.25, 0.3) is 0 Å². The molecule has 3 aliphatic heterocycles. The number of nitro benzene ring substituents is 1. The normalized spacial score (nSPS) is 19.5. The Morgan fingerprint density at radius 3 is 2.54 bits per heavy atom. The third-order valence-electron chi connectivity index (χ3n) is 7.97. The van der Waals surface area contributed by atoms with E-state index in [1.165, 1.54) is 22.3 Å². The number of rotatable bonds is 7. The minimum Gasteiger partial charge on any atom is -0.493 e. The molecule has 2 atom stereocenters. The molecule has 0 amide bonds. The Morgan fingerprint density at radius 2 is 1.81 bits per heavy atom. The van der Waals surface area contributed by atoms with E-state index >= 15 is 0 Å². The van der Waals surface area contributed by atoms with Crippen LogP contribution in [-0.2, 0) is 19.4 Å². The molecule has 0 saturated heterocycles. The van der Waals surface area contributed by atoms with Crippen LogP contribution >= 0.6 is 0 Å². The lowest BCUT2D eigenvalue weighted by Gasteiger charge is -2.46. The number of benzene rings is 3. The highest BCUT2D eigenvalue weighted by atomic mass is 16.7. The summed E-state index contributed by atoms with van der Waals surface area (Å²) in [6.45, 7) is 2.02. The summed E-state index contributed by atoms with van der Waals surface area (Å²) in [5.41, 5.74) is 6.37. The predicted molar refractivity (Wildman–Crippen MR) is 138 cm³/mol. The summed E-state index contributed by atoms with van der Waals surface area (Å²) in [6, 6.07) is 15.7. The fourth-order valence-electron chi connectivity index (χ4n) is 6.25. The Bertz CT molecular complexity index is 1340. The summed E-state index contributed by atoms with van der Waals surface area (Å²) < 4.78 is 22.9. The first-order valence-corrected chi connectivity index (χ1v) is 12.7. The van der Waals surface area contributed by atoms with E-state index in [1.54, 1.807) is 26.4 Å². The molecule has 0 aliphatic carbocycles. The predicted octanol–water partition coefficient (Wildman–Crippen LogP) is 5.56. The zero-order valence-corrected chi connectivity index (χ0v) is 21.1. The van der Waals surface area contributed by atoms with Gasteiger partial charge in [0.2, 0.25) is 6.79 Å². The number of nitro groups is 1. The zero-order chi connectivity index (χ0) is 25.5. The van der Waals surface area contributed by atoms with Crippen LogP contribution in [0.5, 0.6) is 23.0 Å². The van der Waals surface area contributed by atoms with E-state index in [4.69, 9.17) is 18.9 Å². The fraction of sp³-hybridized carbons (Fsp3) is 0.379. The number of non-ortho nitro benzene ring substituents is 1. The number of aryl methyl sites for hydroxylation is 1. The lowest BCUT2D eigenvalue weighted by Crippen LogP contribution is -2.42. The molecule has 0 saturated carbocycles. The van der Waals surface area contributed by atoms with Crippen molar-refractivity contribution in [1.29, 1.82) is 0 Å². The quantitative estimate of drug-likeness (QED) is 0.309. The van der Waals surface area contributed by atoms with Gasteiger partial charge in [-0.15, -0.1) is 0 Å². The number of fused-ring (bicyclic) bond motifs is 5. The Morgan fingerprint density at radius 1 is 1.03 bits per heavy atom. The second kappa shape index (κ2) is 9.59. The van der Waals surface area contributed by atoms with Gasteiger partial charge in [-0.25, -0.2) is 0 Å². The minimum atomic E-state index is -0.356. The van der Waals surface area contributed by atoms with Crippen molar-refractivity contribution in [2.45, 2.75) is 44.2 Å². The van der Waals surface area contributed by atoms with Crippen LogP contribution in [0.15, 0.2) is 48.5 Å². The van der Waals surface area contributed by atoms with E-state index in [1.807, 2.05) is 18.2 Å². The number of hydrogen-bond acceptors (Lipinski definition) is 7. The van der Waals surface area contributed by atoms with Gasteiger partial charge in [-0.3, -0.25) is 15.0 Å². The van der Waals surface area contributed by atoms with Crippen LogP contribution in [0.3, 0.4) is 0 Å². The van der Waals surface area contributed by atoms with Crippen molar-refractivity contribution in [1.82, 2.24) is 4.90 Å². The van der Waals surface area contributed by atoms with Gasteiger partial charge in [0.25, 0.3) is 5.69 Å². The van der Waals surface area contributed by atoms with Crippen LogP contribution in [0.1, 0.15) is 52.6 Å². The van der Waals surface area contributed by atoms with Crippen LogP contribution in [0, 0.1) is 10.1 Å². The van der Waals surface area contributed by atoms with Crippen molar-refractivity contribution in [2.75, 3.05) is 27.6 Å². The Labute approximate surface area is 215 Å². The van der Waals surface area contributed by atoms with Gasteiger partial charge < -0.3 is 18.9 Å². The molecule has 8 heteroatoms. The molecule has 2 unspecified atom stereocenters. The molecule has 0 spiro atoms. The highest BCUT2D eigenvalue weighted by Gasteiger charge is 2.41. The van der Waals surface area contributed by atoms with Gasteiger partial charge >= 0.3 is 0 Å². The second-order valence-corrected chi connectivity index (χ2v) is 9.86. The Balaban J connectivity index is 1.35. The van der Waals surface area contributed by atoms with Crippen molar-refractivity contribution in [3.8, 4) is 23.0 Å². The van der Waals surface area contributed by atoms with Crippen LogP contribution in [0.4, 0.5) is 5.69 Å². The molecule has 3 aromatic rings. The largest absolute Gasteiger partial charge is 0.493 e. The SMILES string of the molecule is COc1ccc2c(c1OC)CN1CCc3cc4c(cc3C1C2CCCc1ccc([N+](=O)[O-])cc1)OCO4. The number of methoxy groups -OCH3 is 2. The van der Waals surface area contributed by atoms with Crippen LogP contribution in [-0.4, -0.2) is 37.4 Å². The van der Waals surface area contributed by atoms with E-state index in [9.17, 15) is 10.1 Å². The highest BCUT2D eigenvalue weighted by molar-refractivity contribution is 5.56. The maximum Gasteiger partial charge on any atom is 0.269 e. The van der Waals surface area contributed by atoms with E-state index in [0.717, 1.165) is 67.3 Å². The Hall–Kier alpha value is -3.78. The van der Waals surface area contributed by atoms with Crippen molar-refractivity contribution < 1.29 is 23.9 Å². The molecule has 0 radical (unpaired) electrons. The summed E-state index contributed by atoms with van der Waals surface area (Å²) in [5, 5.41) is 11.0. The van der Waals surface area contributed by atoms with Crippen LogP contribution in [0.2, 0.25) is 0 Å². The first-order chi connectivity index (χ1) is 18.1. The molecule has 192 valence electrons. The van der Waals surface area contributed by atoms with Gasteiger partial charge in [0, 0.05) is 42.7 Å². The average Bonchev–Trinajstić information content (AvgIpc) is 3.38.